The normalized spacial score (nSPS) is 2.86. The molecule has 0 fully saturated rings. The molecule has 7 heteroatoms. The Balaban J connectivity index is -0.0000000150. The molecule has 0 unspecified atom stereocenters. The summed E-state index contributed by atoms with van der Waals surface area (Å²) in [6.45, 7) is 0. The van der Waals surface area contributed by atoms with E-state index < -0.39 is 0 Å². The quantitative estimate of drug-likeness (QED) is 0.397. The summed E-state index contributed by atoms with van der Waals surface area (Å²) in [7, 11) is 3.25. The number of hydrogen-bond donors (Lipinski definition) is 0. The van der Waals surface area contributed by atoms with Crippen LogP contribution < -0.4 is 0 Å². The van der Waals surface area contributed by atoms with E-state index in [-0.39, 0.29) is 51.8 Å². The molecule has 1 radical (unpaired) electrons. The van der Waals surface area contributed by atoms with Crippen molar-refractivity contribution in [1.82, 2.24) is 0 Å². The summed E-state index contributed by atoms with van der Waals surface area (Å²) in [5.74, 6) is 0. The van der Waals surface area contributed by atoms with E-state index in [1.165, 1.54) is 0 Å². The minimum Gasteiger partial charge on any atom is -0.134 e. The van der Waals surface area contributed by atoms with Gasteiger partial charge in [0.15, 0.2) is 34.7 Å². The molecule has 0 aromatic carbocycles. The monoisotopic (exact) mass is 233 g/mol. The molecular formula is H12Al2CuMg2Si2. The molecule has 0 aliphatic carbocycles. The minimum atomic E-state index is 0. The van der Waals surface area contributed by atoms with Crippen LogP contribution in [-0.4, -0.2) is 82.4 Å². The molecule has 0 rings (SSSR count). The molecule has 0 aliphatic rings. The van der Waals surface area contributed by atoms with Crippen LogP contribution in [0.1, 0.15) is 0 Å². The van der Waals surface area contributed by atoms with Crippen molar-refractivity contribution < 1.29 is 17.1 Å². The zero-order chi connectivity index (χ0) is 3.41. The second-order valence-corrected chi connectivity index (χ2v) is 27.0. The first-order valence-electron chi connectivity index (χ1n) is 1.91. The van der Waals surface area contributed by atoms with Gasteiger partial charge in [0.1, 0.15) is 0 Å². The van der Waals surface area contributed by atoms with E-state index in [0.717, 1.165) is 31.9 Å². The maximum atomic E-state index is 1.62. The molecule has 0 aromatic heterocycles. The van der Waals surface area contributed by atoms with E-state index in [4.69, 9.17) is 0 Å². The van der Waals surface area contributed by atoms with Gasteiger partial charge in [0, 0.05) is 17.1 Å². The first-order valence-corrected chi connectivity index (χ1v) is 17.2. The SMILES string of the molecule is [AlH3].[AlH3].[Cu].[SiH3][Mg][Mg][SiH3]. The van der Waals surface area contributed by atoms with E-state index >= 15 is 0 Å². The third kappa shape index (κ3) is 26.3. The van der Waals surface area contributed by atoms with Crippen molar-refractivity contribution in [3.05, 3.63) is 0 Å². The van der Waals surface area contributed by atoms with Gasteiger partial charge in [-0.15, -0.1) is 15.8 Å². The molecular weight excluding hydrogens is 222 g/mol. The molecule has 0 saturated carbocycles. The molecule has 0 nitrogen and oxygen atoms in total. The van der Waals surface area contributed by atoms with Gasteiger partial charge in [-0.1, -0.05) is 0 Å². The molecule has 0 amide bonds. The first-order chi connectivity index (χ1) is 1.91. The molecule has 0 aromatic rings. The summed E-state index contributed by atoms with van der Waals surface area (Å²) in [6.07, 6.45) is 0. The maximum absolute atomic E-state index is 1.62. The average Bonchev–Trinajstić information content (AvgIpc) is 1.37. The Kier molecular flexibility index (Phi) is 72.6. The maximum Gasteiger partial charge on any atom is 0.204 e. The molecule has 0 bridgehead atoms. The van der Waals surface area contributed by atoms with Crippen molar-refractivity contribution in [2.75, 3.05) is 0 Å². The fraction of sp³-hybridized carbons (Fsp3) is 0. The van der Waals surface area contributed by atoms with Crippen molar-refractivity contribution in [1.29, 1.82) is 0 Å². The van der Waals surface area contributed by atoms with Gasteiger partial charge in [-0.2, -0.15) is 0 Å². The van der Waals surface area contributed by atoms with E-state index in [2.05, 4.69) is 0 Å². The van der Waals surface area contributed by atoms with Crippen LogP contribution in [-0.2, 0) is 17.1 Å². The van der Waals surface area contributed by atoms with Gasteiger partial charge in [0.05, 0.1) is 0 Å². The smallest absolute Gasteiger partial charge is 0.134 e. The van der Waals surface area contributed by atoms with Crippen LogP contribution in [0, 0.1) is 0 Å². The summed E-state index contributed by atoms with van der Waals surface area (Å²) in [5, 5.41) is 0. The Labute approximate surface area is 97.4 Å². The molecule has 0 atom stereocenters. The topological polar surface area (TPSA) is 0 Å². The predicted molar refractivity (Wildman–Crippen MR) is 51.3 cm³/mol. The Morgan fingerprint density at radius 2 is 1.00 bits per heavy atom. The van der Waals surface area contributed by atoms with Gasteiger partial charge in [-0.05, 0) is 0 Å². The van der Waals surface area contributed by atoms with Gasteiger partial charge in [-0.3, -0.25) is 0 Å². The van der Waals surface area contributed by atoms with Crippen LogP contribution in [0.4, 0.5) is 0 Å². The van der Waals surface area contributed by atoms with Gasteiger partial charge in [0.25, 0.3) is 0 Å². The van der Waals surface area contributed by atoms with E-state index in [1.807, 2.05) is 0 Å². The predicted octanol–water partition coefficient (Wildman–Crippen LogP) is -5.50. The van der Waals surface area contributed by atoms with Crippen LogP contribution in [0.2, 0.25) is 0 Å². The van der Waals surface area contributed by atoms with Crippen molar-refractivity contribution in [3.8, 4) is 0 Å². The molecule has 0 saturated heterocycles. The summed E-state index contributed by atoms with van der Waals surface area (Å²) < 4.78 is 0. The fourth-order valence-electron chi connectivity index (χ4n) is 0. The Bertz CT molecular complexity index is 15.7. The second kappa shape index (κ2) is 22.7. The van der Waals surface area contributed by atoms with Gasteiger partial charge < -0.3 is 0 Å². The van der Waals surface area contributed by atoms with Gasteiger partial charge in [-0.25, -0.2) is 0 Å². The summed E-state index contributed by atoms with van der Waals surface area (Å²) >= 11 is 1.53. The van der Waals surface area contributed by atoms with E-state index in [1.54, 1.807) is 15.8 Å². The van der Waals surface area contributed by atoms with Crippen molar-refractivity contribution >= 4 is 82.4 Å². The summed E-state index contributed by atoms with van der Waals surface area (Å²) in [4.78, 5) is 0. The molecule has 0 N–H and O–H groups in total. The molecule has 41 valence electrons. The zero-order valence-electron chi connectivity index (χ0n) is 3.72. The Morgan fingerprint density at radius 3 is 1.00 bits per heavy atom. The fourth-order valence-corrected chi connectivity index (χ4v) is 0. The molecule has 0 spiro atoms. The third-order valence-corrected chi connectivity index (χ3v) is 40.5. The van der Waals surface area contributed by atoms with Crippen LogP contribution >= 0.6 is 0 Å². The Hall–Kier alpha value is 3.55. The zero-order valence-corrected chi connectivity index (χ0v) is 11.5. The van der Waals surface area contributed by atoms with Crippen LogP contribution in [0.25, 0.3) is 0 Å². The minimum absolute atomic E-state index is 0. The second-order valence-electron chi connectivity index (χ2n) is 1.000. The molecule has 0 heterocycles. The number of rotatable bonds is 1. The third-order valence-electron chi connectivity index (χ3n) is 0.500. The van der Waals surface area contributed by atoms with Gasteiger partial charge in [0.2, 0.25) is 31.9 Å². The molecule has 7 heavy (non-hydrogen) atoms. The summed E-state index contributed by atoms with van der Waals surface area (Å²) in [5.41, 5.74) is 0. The van der Waals surface area contributed by atoms with Crippen LogP contribution in [0.15, 0.2) is 0 Å². The Morgan fingerprint density at radius 1 is 0.857 bits per heavy atom. The van der Waals surface area contributed by atoms with Crippen molar-refractivity contribution in [3.63, 3.8) is 0 Å². The van der Waals surface area contributed by atoms with Crippen molar-refractivity contribution in [2.24, 2.45) is 0 Å². The van der Waals surface area contributed by atoms with Crippen molar-refractivity contribution in [2.45, 2.75) is 0 Å². The van der Waals surface area contributed by atoms with E-state index in [0.29, 0.717) is 0 Å². The van der Waals surface area contributed by atoms with Gasteiger partial charge >= 0.3 is 0 Å². The largest absolute Gasteiger partial charge is 0.204 e. The average molecular weight is 234 g/mol. The number of hydrogen-bond acceptors (Lipinski definition) is 0. The van der Waals surface area contributed by atoms with Crippen LogP contribution in [0.3, 0.4) is 0 Å². The standard InChI is InChI=1S/2Al.Cu.2Mg.2H3Si.6H/h;;;;;2*1H3;;;;;;. The first kappa shape index (κ1) is 22.4. The van der Waals surface area contributed by atoms with E-state index in [9.17, 15) is 0 Å². The van der Waals surface area contributed by atoms with Crippen LogP contribution in [0.5, 0.6) is 0 Å². The molecule has 0 aliphatic heterocycles. The summed E-state index contributed by atoms with van der Waals surface area (Å²) in [6, 6.07) is 0.